The van der Waals surface area contributed by atoms with Gasteiger partial charge in [0.15, 0.2) is 0 Å². The van der Waals surface area contributed by atoms with Crippen LogP contribution in [-0.2, 0) is 0 Å². The molecule has 2 nitrogen and oxygen atoms in total. The molecule has 90 valence electrons. The summed E-state index contributed by atoms with van der Waals surface area (Å²) >= 11 is 1.78. The number of likely N-dealkylation sites (tertiary alicyclic amines) is 1. The summed E-state index contributed by atoms with van der Waals surface area (Å²) in [6.45, 7) is 6.88. The van der Waals surface area contributed by atoms with Gasteiger partial charge in [-0.2, -0.15) is 0 Å². The maximum absolute atomic E-state index is 4.58. The van der Waals surface area contributed by atoms with Gasteiger partial charge < -0.3 is 0 Å². The van der Waals surface area contributed by atoms with Crippen LogP contribution in [0.2, 0.25) is 0 Å². The van der Waals surface area contributed by atoms with Gasteiger partial charge in [-0.25, -0.2) is 4.98 Å². The van der Waals surface area contributed by atoms with E-state index in [1.54, 1.807) is 11.3 Å². The summed E-state index contributed by atoms with van der Waals surface area (Å²) in [6, 6.07) is 7.29. The number of thiazole rings is 1. The fourth-order valence-electron chi connectivity index (χ4n) is 2.66. The summed E-state index contributed by atoms with van der Waals surface area (Å²) < 4.78 is 1.31. The van der Waals surface area contributed by atoms with Crippen LogP contribution in [0.25, 0.3) is 10.2 Å². The second-order valence-corrected chi connectivity index (χ2v) is 6.11. The summed E-state index contributed by atoms with van der Waals surface area (Å²) in [5, 5.41) is 1.16. The van der Waals surface area contributed by atoms with Crippen LogP contribution in [0.4, 0.5) is 0 Å². The summed E-state index contributed by atoms with van der Waals surface area (Å²) in [6.07, 6.45) is 2.70. The fraction of sp³-hybridized carbons (Fsp3) is 0.500. The average Bonchev–Trinajstić information content (AvgIpc) is 2.94. The van der Waals surface area contributed by atoms with Gasteiger partial charge in [0.25, 0.3) is 0 Å². The van der Waals surface area contributed by atoms with Crippen molar-refractivity contribution in [1.82, 2.24) is 9.88 Å². The monoisotopic (exact) mass is 246 g/mol. The molecule has 0 N–H and O–H groups in total. The zero-order valence-corrected chi connectivity index (χ0v) is 11.3. The Morgan fingerprint density at radius 2 is 2.06 bits per heavy atom. The Kier molecular flexibility index (Phi) is 2.89. The van der Waals surface area contributed by atoms with E-state index in [4.69, 9.17) is 0 Å². The van der Waals surface area contributed by atoms with Crippen LogP contribution in [0, 0.1) is 6.92 Å². The molecule has 1 fully saturated rings. The molecule has 0 amide bonds. The van der Waals surface area contributed by atoms with Gasteiger partial charge in [0.05, 0.1) is 15.2 Å². The zero-order valence-electron chi connectivity index (χ0n) is 10.4. The van der Waals surface area contributed by atoms with E-state index in [-0.39, 0.29) is 0 Å². The maximum Gasteiger partial charge on any atom is 0.0907 e. The van der Waals surface area contributed by atoms with Crippen LogP contribution < -0.4 is 0 Å². The van der Waals surface area contributed by atoms with Gasteiger partial charge in [-0.1, -0.05) is 6.07 Å². The molecule has 1 saturated heterocycles. The number of aryl methyl sites for hydroxylation is 1. The number of benzene rings is 1. The van der Waals surface area contributed by atoms with Crippen molar-refractivity contribution in [3.8, 4) is 0 Å². The Labute approximate surface area is 106 Å². The smallest absolute Gasteiger partial charge is 0.0907 e. The Bertz CT molecular complexity index is 526. The topological polar surface area (TPSA) is 16.1 Å². The first-order valence-electron chi connectivity index (χ1n) is 6.35. The first-order chi connectivity index (χ1) is 8.24. The highest BCUT2D eigenvalue weighted by molar-refractivity contribution is 7.18. The van der Waals surface area contributed by atoms with Crippen LogP contribution in [0.5, 0.6) is 0 Å². The number of hydrogen-bond donors (Lipinski definition) is 0. The van der Waals surface area contributed by atoms with Gasteiger partial charge in [-0.15, -0.1) is 11.3 Å². The third kappa shape index (κ3) is 2.09. The van der Waals surface area contributed by atoms with Gasteiger partial charge in [-0.05, 0) is 57.5 Å². The van der Waals surface area contributed by atoms with Crippen molar-refractivity contribution in [3.63, 3.8) is 0 Å². The lowest BCUT2D eigenvalue weighted by Crippen LogP contribution is -2.23. The second-order valence-electron chi connectivity index (χ2n) is 4.88. The van der Waals surface area contributed by atoms with Gasteiger partial charge in [0, 0.05) is 6.04 Å². The summed E-state index contributed by atoms with van der Waals surface area (Å²) in [7, 11) is 0. The molecule has 3 heteroatoms. The van der Waals surface area contributed by atoms with Crippen molar-refractivity contribution in [2.45, 2.75) is 32.7 Å². The molecule has 1 aliphatic rings. The van der Waals surface area contributed by atoms with Crippen molar-refractivity contribution in [1.29, 1.82) is 0 Å². The molecule has 0 spiro atoms. The van der Waals surface area contributed by atoms with Crippen molar-refractivity contribution in [2.24, 2.45) is 0 Å². The zero-order chi connectivity index (χ0) is 11.8. The standard InChI is InChI=1S/C14H18N2S/c1-10(16-7-3-4-8-16)12-5-6-14-13(9-12)15-11(2)17-14/h5-6,9-10H,3-4,7-8H2,1-2H3/t10-/m0/s1. The molecule has 17 heavy (non-hydrogen) atoms. The Morgan fingerprint density at radius 3 is 2.82 bits per heavy atom. The third-order valence-corrected chi connectivity index (χ3v) is 4.64. The summed E-state index contributed by atoms with van der Waals surface area (Å²) in [5.74, 6) is 0. The van der Waals surface area contributed by atoms with E-state index in [2.05, 4.69) is 41.9 Å². The number of hydrogen-bond acceptors (Lipinski definition) is 3. The molecule has 0 aliphatic carbocycles. The maximum atomic E-state index is 4.58. The van der Waals surface area contributed by atoms with Crippen molar-refractivity contribution in [3.05, 3.63) is 28.8 Å². The summed E-state index contributed by atoms with van der Waals surface area (Å²) in [5.41, 5.74) is 2.57. The van der Waals surface area contributed by atoms with E-state index in [0.29, 0.717) is 6.04 Å². The SMILES string of the molecule is Cc1nc2cc([C@H](C)N3CCCC3)ccc2s1. The number of aromatic nitrogens is 1. The van der Waals surface area contributed by atoms with Gasteiger partial charge in [-0.3, -0.25) is 4.90 Å². The minimum Gasteiger partial charge on any atom is -0.297 e. The normalized spacial score (nSPS) is 18.9. The van der Waals surface area contributed by atoms with Crippen LogP contribution in [-0.4, -0.2) is 23.0 Å². The molecule has 0 unspecified atom stereocenters. The largest absolute Gasteiger partial charge is 0.297 e. The lowest BCUT2D eigenvalue weighted by molar-refractivity contribution is 0.263. The predicted octanol–water partition coefficient (Wildman–Crippen LogP) is 3.76. The first-order valence-corrected chi connectivity index (χ1v) is 7.17. The van der Waals surface area contributed by atoms with E-state index in [1.165, 1.54) is 36.2 Å². The molecule has 1 aliphatic heterocycles. The third-order valence-electron chi connectivity index (χ3n) is 3.69. The molecule has 0 radical (unpaired) electrons. The summed E-state index contributed by atoms with van der Waals surface area (Å²) in [4.78, 5) is 7.15. The van der Waals surface area contributed by atoms with E-state index < -0.39 is 0 Å². The molecule has 2 heterocycles. The molecule has 1 aromatic carbocycles. The first kappa shape index (κ1) is 11.2. The second kappa shape index (κ2) is 4.39. The van der Waals surface area contributed by atoms with E-state index >= 15 is 0 Å². The Balaban J connectivity index is 1.93. The fourth-order valence-corrected chi connectivity index (χ4v) is 3.47. The molecular weight excluding hydrogens is 228 g/mol. The van der Waals surface area contributed by atoms with Crippen molar-refractivity contribution in [2.75, 3.05) is 13.1 Å². The highest BCUT2D eigenvalue weighted by Crippen LogP contribution is 2.29. The molecule has 0 bridgehead atoms. The Morgan fingerprint density at radius 1 is 1.29 bits per heavy atom. The van der Waals surface area contributed by atoms with E-state index in [1.807, 2.05) is 0 Å². The molecule has 3 rings (SSSR count). The van der Waals surface area contributed by atoms with E-state index in [9.17, 15) is 0 Å². The molecule has 1 aromatic heterocycles. The highest BCUT2D eigenvalue weighted by Gasteiger charge is 2.19. The minimum atomic E-state index is 0.531. The number of nitrogens with zero attached hydrogens (tertiary/aromatic N) is 2. The van der Waals surface area contributed by atoms with Crippen molar-refractivity contribution < 1.29 is 0 Å². The molecule has 1 atom stereocenters. The number of fused-ring (bicyclic) bond motifs is 1. The predicted molar refractivity (Wildman–Crippen MR) is 73.6 cm³/mol. The lowest BCUT2D eigenvalue weighted by Gasteiger charge is -2.23. The molecular formula is C14H18N2S. The van der Waals surface area contributed by atoms with E-state index in [0.717, 1.165) is 10.5 Å². The van der Waals surface area contributed by atoms with Crippen LogP contribution >= 0.6 is 11.3 Å². The Hall–Kier alpha value is -0.930. The molecule has 0 saturated carbocycles. The highest BCUT2D eigenvalue weighted by atomic mass is 32.1. The van der Waals surface area contributed by atoms with Crippen LogP contribution in [0.1, 0.15) is 36.4 Å². The quantitative estimate of drug-likeness (QED) is 0.802. The van der Waals surface area contributed by atoms with Crippen LogP contribution in [0.3, 0.4) is 0 Å². The minimum absolute atomic E-state index is 0.531. The van der Waals surface area contributed by atoms with Crippen LogP contribution in [0.15, 0.2) is 18.2 Å². The lowest BCUT2D eigenvalue weighted by atomic mass is 10.1. The number of rotatable bonds is 2. The van der Waals surface area contributed by atoms with Crippen molar-refractivity contribution >= 4 is 21.6 Å². The molecule has 2 aromatic rings. The average molecular weight is 246 g/mol. The van der Waals surface area contributed by atoms with Gasteiger partial charge in [0.1, 0.15) is 0 Å². The van der Waals surface area contributed by atoms with Gasteiger partial charge in [0.2, 0.25) is 0 Å². The van der Waals surface area contributed by atoms with Gasteiger partial charge >= 0.3 is 0 Å².